The molecule has 0 unspecified atom stereocenters. The summed E-state index contributed by atoms with van der Waals surface area (Å²) in [6, 6.07) is 3.86. The smallest absolute Gasteiger partial charge is 0.175 e. The molecule has 0 saturated carbocycles. The minimum atomic E-state index is -0.160. The molecule has 114 valence electrons. The topological polar surface area (TPSA) is 53.7 Å². The number of benzene rings is 1. The van der Waals surface area contributed by atoms with E-state index < -0.39 is 0 Å². The second-order valence-corrected chi connectivity index (χ2v) is 6.21. The molecule has 1 aromatic carbocycles. The lowest BCUT2D eigenvalue weighted by Gasteiger charge is -2.20. The largest absolute Gasteiger partial charge is 0.490 e. The Bertz CT molecular complexity index is 430. The molecule has 5 heteroatoms. The van der Waals surface area contributed by atoms with Crippen molar-refractivity contribution >= 4 is 15.9 Å². The molecule has 0 radical (unpaired) electrons. The van der Waals surface area contributed by atoms with Crippen LogP contribution in [0.2, 0.25) is 0 Å². The van der Waals surface area contributed by atoms with E-state index in [2.05, 4.69) is 15.9 Å². The summed E-state index contributed by atoms with van der Waals surface area (Å²) >= 11 is 3.50. The van der Waals surface area contributed by atoms with Gasteiger partial charge in [-0.15, -0.1) is 0 Å². The molecule has 0 atom stereocenters. The molecule has 1 aromatic rings. The van der Waals surface area contributed by atoms with Gasteiger partial charge >= 0.3 is 0 Å². The van der Waals surface area contributed by atoms with Crippen LogP contribution < -0.4 is 15.2 Å². The summed E-state index contributed by atoms with van der Waals surface area (Å²) in [6.45, 7) is 10.0. The van der Waals surface area contributed by atoms with E-state index in [0.717, 1.165) is 10.0 Å². The van der Waals surface area contributed by atoms with Crippen LogP contribution in [0.15, 0.2) is 16.6 Å². The summed E-state index contributed by atoms with van der Waals surface area (Å²) < 4.78 is 17.9. The second kappa shape index (κ2) is 7.86. The molecule has 0 bridgehead atoms. The Morgan fingerprint density at radius 3 is 2.40 bits per heavy atom. The fraction of sp³-hybridized carbons (Fsp3) is 0.600. The van der Waals surface area contributed by atoms with Gasteiger partial charge in [-0.05, 0) is 61.3 Å². The average Bonchev–Trinajstić information content (AvgIpc) is 2.35. The van der Waals surface area contributed by atoms with Crippen LogP contribution in [-0.2, 0) is 11.3 Å². The number of hydrogen-bond donors (Lipinski definition) is 1. The zero-order chi connectivity index (χ0) is 15.2. The highest BCUT2D eigenvalue weighted by Gasteiger charge is 2.13. The monoisotopic (exact) mass is 345 g/mol. The predicted molar refractivity (Wildman–Crippen MR) is 84.4 cm³/mol. The van der Waals surface area contributed by atoms with Crippen molar-refractivity contribution in [3.05, 3.63) is 22.2 Å². The maximum Gasteiger partial charge on any atom is 0.175 e. The maximum absolute atomic E-state index is 5.78. The van der Waals surface area contributed by atoms with Gasteiger partial charge in [-0.1, -0.05) is 0 Å². The minimum absolute atomic E-state index is 0.160. The molecule has 0 aliphatic heterocycles. The van der Waals surface area contributed by atoms with Crippen molar-refractivity contribution in [3.8, 4) is 11.5 Å². The van der Waals surface area contributed by atoms with Gasteiger partial charge in [0.1, 0.15) is 6.61 Å². The Kier molecular flexibility index (Phi) is 6.79. The molecule has 0 amide bonds. The summed E-state index contributed by atoms with van der Waals surface area (Å²) in [5.41, 5.74) is 6.50. The Labute approximate surface area is 129 Å². The van der Waals surface area contributed by atoms with Crippen molar-refractivity contribution in [2.24, 2.45) is 5.73 Å². The van der Waals surface area contributed by atoms with Crippen LogP contribution in [0.5, 0.6) is 11.5 Å². The van der Waals surface area contributed by atoms with E-state index in [9.17, 15) is 0 Å². The van der Waals surface area contributed by atoms with E-state index in [1.165, 1.54) is 0 Å². The fourth-order valence-corrected chi connectivity index (χ4v) is 2.24. The molecule has 0 fully saturated rings. The highest BCUT2D eigenvalue weighted by Crippen LogP contribution is 2.36. The first-order valence-corrected chi connectivity index (χ1v) is 7.58. The van der Waals surface area contributed by atoms with Crippen molar-refractivity contribution < 1.29 is 14.2 Å². The zero-order valence-electron chi connectivity index (χ0n) is 12.7. The second-order valence-electron chi connectivity index (χ2n) is 5.35. The average molecular weight is 346 g/mol. The lowest BCUT2D eigenvalue weighted by atomic mass is 10.2. The van der Waals surface area contributed by atoms with Gasteiger partial charge in [0.15, 0.2) is 11.5 Å². The molecule has 0 saturated heterocycles. The first-order chi connectivity index (χ1) is 9.37. The molecule has 0 heterocycles. The van der Waals surface area contributed by atoms with E-state index in [1.807, 2.05) is 39.8 Å². The first kappa shape index (κ1) is 17.3. The normalized spacial score (nSPS) is 11.5. The van der Waals surface area contributed by atoms with Gasteiger partial charge in [0.05, 0.1) is 23.3 Å². The lowest BCUT2D eigenvalue weighted by Crippen LogP contribution is -2.22. The van der Waals surface area contributed by atoms with Gasteiger partial charge in [-0.2, -0.15) is 0 Å². The van der Waals surface area contributed by atoms with Gasteiger partial charge in [0.25, 0.3) is 0 Å². The SMILES string of the molecule is CCOc1cc(CN)cc(Br)c1OCCOC(C)(C)C. The molecule has 0 aliphatic carbocycles. The number of nitrogens with two attached hydrogens (primary N) is 1. The van der Waals surface area contributed by atoms with Gasteiger partial charge in [0.2, 0.25) is 0 Å². The number of hydrogen-bond acceptors (Lipinski definition) is 4. The highest BCUT2D eigenvalue weighted by atomic mass is 79.9. The van der Waals surface area contributed by atoms with Gasteiger partial charge < -0.3 is 19.9 Å². The van der Waals surface area contributed by atoms with Crippen LogP contribution >= 0.6 is 15.9 Å². The van der Waals surface area contributed by atoms with Gasteiger partial charge in [-0.25, -0.2) is 0 Å². The molecule has 2 N–H and O–H groups in total. The van der Waals surface area contributed by atoms with Crippen LogP contribution in [0, 0.1) is 0 Å². The van der Waals surface area contributed by atoms with Crippen molar-refractivity contribution in [1.29, 1.82) is 0 Å². The lowest BCUT2D eigenvalue weighted by molar-refractivity contribution is -0.0166. The maximum atomic E-state index is 5.78. The van der Waals surface area contributed by atoms with E-state index in [-0.39, 0.29) is 5.60 Å². The third-order valence-corrected chi connectivity index (χ3v) is 3.06. The Hall–Kier alpha value is -0.780. The van der Waals surface area contributed by atoms with E-state index in [4.69, 9.17) is 19.9 Å². The van der Waals surface area contributed by atoms with Crippen molar-refractivity contribution in [2.45, 2.75) is 39.8 Å². The molecule has 0 aliphatic rings. The van der Waals surface area contributed by atoms with E-state index >= 15 is 0 Å². The summed E-state index contributed by atoms with van der Waals surface area (Å²) in [6.07, 6.45) is 0. The number of halogens is 1. The van der Waals surface area contributed by atoms with Gasteiger partial charge in [-0.3, -0.25) is 0 Å². The summed E-state index contributed by atoms with van der Waals surface area (Å²) in [7, 11) is 0. The summed E-state index contributed by atoms with van der Waals surface area (Å²) in [5.74, 6) is 1.40. The predicted octanol–water partition coefficient (Wildman–Crippen LogP) is 3.50. The van der Waals surface area contributed by atoms with Crippen LogP contribution in [-0.4, -0.2) is 25.4 Å². The fourth-order valence-electron chi connectivity index (χ4n) is 1.63. The molecular formula is C15H24BrNO3. The zero-order valence-corrected chi connectivity index (χ0v) is 14.2. The first-order valence-electron chi connectivity index (χ1n) is 6.79. The third kappa shape index (κ3) is 5.69. The van der Waals surface area contributed by atoms with Crippen molar-refractivity contribution in [3.63, 3.8) is 0 Å². The van der Waals surface area contributed by atoms with Crippen LogP contribution in [0.3, 0.4) is 0 Å². The molecule has 4 nitrogen and oxygen atoms in total. The molecule has 1 rings (SSSR count). The van der Waals surface area contributed by atoms with Crippen molar-refractivity contribution in [1.82, 2.24) is 0 Å². The van der Waals surface area contributed by atoms with Gasteiger partial charge in [0, 0.05) is 6.54 Å². The van der Waals surface area contributed by atoms with Crippen LogP contribution in [0.25, 0.3) is 0 Å². The van der Waals surface area contributed by atoms with Crippen molar-refractivity contribution in [2.75, 3.05) is 19.8 Å². The minimum Gasteiger partial charge on any atom is -0.490 e. The number of ether oxygens (including phenoxy) is 3. The van der Waals surface area contributed by atoms with Crippen LogP contribution in [0.4, 0.5) is 0 Å². The van der Waals surface area contributed by atoms with E-state index in [0.29, 0.717) is 37.9 Å². The quantitative estimate of drug-likeness (QED) is 0.768. The Balaban J connectivity index is 2.72. The Morgan fingerprint density at radius 1 is 1.15 bits per heavy atom. The molecule has 0 spiro atoms. The molecular weight excluding hydrogens is 322 g/mol. The summed E-state index contributed by atoms with van der Waals surface area (Å²) in [5, 5.41) is 0. The van der Waals surface area contributed by atoms with E-state index in [1.54, 1.807) is 0 Å². The number of rotatable bonds is 7. The molecule has 20 heavy (non-hydrogen) atoms. The molecule has 0 aromatic heterocycles. The third-order valence-electron chi connectivity index (χ3n) is 2.47. The Morgan fingerprint density at radius 2 is 1.85 bits per heavy atom. The highest BCUT2D eigenvalue weighted by molar-refractivity contribution is 9.10. The summed E-state index contributed by atoms with van der Waals surface area (Å²) in [4.78, 5) is 0. The van der Waals surface area contributed by atoms with Crippen LogP contribution in [0.1, 0.15) is 33.3 Å². The standard InChI is InChI=1S/C15H24BrNO3/c1-5-18-13-9-11(10-17)8-12(16)14(13)19-6-7-20-15(2,3)4/h8-9H,5-7,10,17H2,1-4H3.